The molecule has 1 saturated heterocycles. The van der Waals surface area contributed by atoms with Gasteiger partial charge in [-0.25, -0.2) is 4.79 Å². The third-order valence-corrected chi connectivity index (χ3v) is 3.88. The van der Waals surface area contributed by atoms with E-state index in [1.807, 2.05) is 24.3 Å². The summed E-state index contributed by atoms with van der Waals surface area (Å²) in [6.45, 7) is 4.89. The highest BCUT2D eigenvalue weighted by Crippen LogP contribution is 2.24. The first-order valence-electron chi connectivity index (χ1n) is 8.73. The van der Waals surface area contributed by atoms with E-state index in [2.05, 4.69) is 17.6 Å². The van der Waals surface area contributed by atoms with Crippen LogP contribution in [0.15, 0.2) is 24.3 Å². The molecular formula is C18H27N3O3. The van der Waals surface area contributed by atoms with E-state index < -0.39 is 0 Å². The van der Waals surface area contributed by atoms with Crippen molar-refractivity contribution in [2.24, 2.45) is 0 Å². The molecule has 1 aliphatic rings. The number of anilines is 2. The van der Waals surface area contributed by atoms with Crippen molar-refractivity contribution in [2.75, 3.05) is 36.5 Å². The zero-order chi connectivity index (χ0) is 17.2. The fraction of sp³-hybridized carbons (Fsp3) is 0.556. The van der Waals surface area contributed by atoms with Crippen LogP contribution < -0.4 is 15.5 Å². The van der Waals surface area contributed by atoms with Crippen LogP contribution in [0, 0.1) is 0 Å². The van der Waals surface area contributed by atoms with Crippen LogP contribution in [-0.2, 0) is 9.53 Å². The van der Waals surface area contributed by atoms with Gasteiger partial charge >= 0.3 is 6.03 Å². The molecular weight excluding hydrogens is 306 g/mol. The first-order valence-corrected chi connectivity index (χ1v) is 8.73. The molecule has 1 heterocycles. The number of carbonyl (C=O) groups is 2. The molecule has 0 unspecified atom stereocenters. The van der Waals surface area contributed by atoms with Crippen molar-refractivity contribution in [1.82, 2.24) is 5.32 Å². The summed E-state index contributed by atoms with van der Waals surface area (Å²) in [5, 5.41) is 5.61. The Morgan fingerprint density at radius 2 is 2.12 bits per heavy atom. The Morgan fingerprint density at radius 1 is 1.29 bits per heavy atom. The summed E-state index contributed by atoms with van der Waals surface area (Å²) in [6.07, 6.45) is 4.47. The number of ether oxygens (including phenoxy) is 1. The predicted molar refractivity (Wildman–Crippen MR) is 95.4 cm³/mol. The molecule has 6 nitrogen and oxygen atoms in total. The van der Waals surface area contributed by atoms with Crippen molar-refractivity contribution >= 4 is 23.3 Å². The van der Waals surface area contributed by atoms with Crippen LogP contribution in [0.1, 0.15) is 39.0 Å². The van der Waals surface area contributed by atoms with Crippen molar-refractivity contribution in [2.45, 2.75) is 39.0 Å². The highest BCUT2D eigenvalue weighted by atomic mass is 16.5. The Kier molecular flexibility index (Phi) is 7.55. The molecule has 0 bridgehead atoms. The average molecular weight is 333 g/mol. The Balaban J connectivity index is 1.71. The Hall–Kier alpha value is -2.08. The SMILES string of the molecule is CCCCOCCCNC(=O)Nc1cccc(N2CCCC2=O)c1. The Bertz CT molecular complexity index is 548. The minimum Gasteiger partial charge on any atom is -0.381 e. The van der Waals surface area contributed by atoms with Gasteiger partial charge in [-0.15, -0.1) is 0 Å². The molecule has 6 heteroatoms. The minimum absolute atomic E-state index is 0.139. The van der Waals surface area contributed by atoms with Gasteiger partial charge in [-0.1, -0.05) is 19.4 Å². The van der Waals surface area contributed by atoms with Gasteiger partial charge in [0.15, 0.2) is 0 Å². The van der Waals surface area contributed by atoms with Crippen molar-refractivity contribution < 1.29 is 14.3 Å². The van der Waals surface area contributed by atoms with Crippen molar-refractivity contribution in [3.8, 4) is 0 Å². The first kappa shape index (κ1) is 18.3. The molecule has 0 aromatic heterocycles. The molecule has 1 aromatic carbocycles. The van der Waals surface area contributed by atoms with Crippen LogP contribution in [0.2, 0.25) is 0 Å². The van der Waals surface area contributed by atoms with Crippen molar-refractivity contribution in [1.29, 1.82) is 0 Å². The van der Waals surface area contributed by atoms with Gasteiger partial charge < -0.3 is 20.3 Å². The van der Waals surface area contributed by atoms with Crippen LogP contribution in [0.25, 0.3) is 0 Å². The third-order valence-electron chi connectivity index (χ3n) is 3.88. The molecule has 132 valence electrons. The Labute approximate surface area is 143 Å². The standard InChI is InChI=1S/C18H27N3O3/c1-2-3-12-24-13-6-10-19-18(23)20-15-7-4-8-16(14-15)21-11-5-9-17(21)22/h4,7-8,14H,2-3,5-6,9-13H2,1H3,(H2,19,20,23). The molecule has 1 aromatic rings. The number of amides is 3. The van der Waals surface area contributed by atoms with Gasteiger partial charge in [-0.3, -0.25) is 4.79 Å². The predicted octanol–water partition coefficient (Wildman–Crippen LogP) is 3.14. The number of urea groups is 1. The van der Waals surface area contributed by atoms with Crippen molar-refractivity contribution in [3.05, 3.63) is 24.3 Å². The number of hydrogen-bond donors (Lipinski definition) is 2. The summed E-state index contributed by atoms with van der Waals surface area (Å²) in [4.78, 5) is 25.5. The number of unbranched alkanes of at least 4 members (excludes halogenated alkanes) is 1. The quantitative estimate of drug-likeness (QED) is 0.682. The summed E-state index contributed by atoms with van der Waals surface area (Å²) in [6, 6.07) is 7.14. The lowest BCUT2D eigenvalue weighted by Gasteiger charge is -2.17. The van der Waals surface area contributed by atoms with E-state index in [1.54, 1.807) is 4.90 Å². The molecule has 2 rings (SSSR count). The zero-order valence-electron chi connectivity index (χ0n) is 14.3. The number of nitrogens with zero attached hydrogens (tertiary/aromatic N) is 1. The highest BCUT2D eigenvalue weighted by molar-refractivity contribution is 5.96. The van der Waals surface area contributed by atoms with E-state index in [9.17, 15) is 9.59 Å². The van der Waals surface area contributed by atoms with Gasteiger partial charge in [0.05, 0.1) is 0 Å². The molecule has 2 N–H and O–H groups in total. The van der Waals surface area contributed by atoms with Crippen LogP contribution >= 0.6 is 0 Å². The molecule has 0 aliphatic carbocycles. The largest absolute Gasteiger partial charge is 0.381 e. The topological polar surface area (TPSA) is 70.7 Å². The maximum absolute atomic E-state index is 11.9. The van der Waals surface area contributed by atoms with E-state index in [4.69, 9.17) is 4.74 Å². The summed E-state index contributed by atoms with van der Waals surface area (Å²) < 4.78 is 5.45. The number of rotatable bonds is 9. The second-order valence-electron chi connectivity index (χ2n) is 5.90. The number of nitrogens with one attached hydrogen (secondary N) is 2. The van der Waals surface area contributed by atoms with Crippen molar-refractivity contribution in [3.63, 3.8) is 0 Å². The zero-order valence-corrected chi connectivity index (χ0v) is 14.3. The van der Waals surface area contributed by atoms with E-state index in [0.29, 0.717) is 25.3 Å². The maximum atomic E-state index is 11.9. The fourth-order valence-electron chi connectivity index (χ4n) is 2.57. The highest BCUT2D eigenvalue weighted by Gasteiger charge is 2.21. The van der Waals surface area contributed by atoms with Gasteiger partial charge in [-0.2, -0.15) is 0 Å². The van der Waals surface area contributed by atoms with Gasteiger partial charge in [0.2, 0.25) is 5.91 Å². The summed E-state index contributed by atoms with van der Waals surface area (Å²) in [5.41, 5.74) is 1.52. The molecule has 0 saturated carbocycles. The smallest absolute Gasteiger partial charge is 0.319 e. The average Bonchev–Trinajstić information content (AvgIpc) is 3.00. The van der Waals surface area contributed by atoms with Gasteiger partial charge in [0, 0.05) is 44.1 Å². The molecule has 0 radical (unpaired) electrons. The molecule has 24 heavy (non-hydrogen) atoms. The number of carbonyl (C=O) groups excluding carboxylic acids is 2. The molecule has 3 amide bonds. The number of hydrogen-bond acceptors (Lipinski definition) is 3. The van der Waals surface area contributed by atoms with Gasteiger partial charge in [0.25, 0.3) is 0 Å². The van der Waals surface area contributed by atoms with Crippen LogP contribution in [0.5, 0.6) is 0 Å². The minimum atomic E-state index is -0.242. The van der Waals surface area contributed by atoms with Gasteiger partial charge in [-0.05, 0) is 37.5 Å². The lowest BCUT2D eigenvalue weighted by atomic mass is 10.2. The van der Waals surface area contributed by atoms with Crippen LogP contribution in [0.3, 0.4) is 0 Å². The molecule has 1 aliphatic heterocycles. The fourth-order valence-corrected chi connectivity index (χ4v) is 2.57. The molecule has 1 fully saturated rings. The summed E-state index contributed by atoms with van der Waals surface area (Å²) >= 11 is 0. The van der Waals surface area contributed by atoms with Crippen LogP contribution in [-0.4, -0.2) is 38.2 Å². The maximum Gasteiger partial charge on any atom is 0.319 e. The third kappa shape index (κ3) is 5.85. The second-order valence-corrected chi connectivity index (χ2v) is 5.90. The number of benzene rings is 1. The summed E-state index contributed by atoms with van der Waals surface area (Å²) in [5.74, 6) is 0.139. The first-order chi connectivity index (χ1) is 11.7. The van der Waals surface area contributed by atoms with E-state index in [0.717, 1.165) is 44.5 Å². The van der Waals surface area contributed by atoms with Gasteiger partial charge in [0.1, 0.15) is 0 Å². The monoisotopic (exact) mass is 333 g/mol. The van der Waals surface area contributed by atoms with E-state index >= 15 is 0 Å². The lowest BCUT2D eigenvalue weighted by molar-refractivity contribution is -0.117. The Morgan fingerprint density at radius 3 is 2.88 bits per heavy atom. The van der Waals surface area contributed by atoms with Crippen LogP contribution in [0.4, 0.5) is 16.2 Å². The molecule has 0 atom stereocenters. The van der Waals surface area contributed by atoms with E-state index in [1.165, 1.54) is 0 Å². The van der Waals surface area contributed by atoms with E-state index in [-0.39, 0.29) is 11.9 Å². The summed E-state index contributed by atoms with van der Waals surface area (Å²) in [7, 11) is 0. The molecule has 0 spiro atoms. The lowest BCUT2D eigenvalue weighted by Crippen LogP contribution is -2.30. The normalized spacial score (nSPS) is 14.0. The second kappa shape index (κ2) is 9.93.